The topological polar surface area (TPSA) is 116 Å². The van der Waals surface area contributed by atoms with Gasteiger partial charge in [-0.15, -0.1) is 11.8 Å². The van der Waals surface area contributed by atoms with E-state index < -0.39 is 23.9 Å². The standard InChI is InChI=1S/C13H15NO6S/c1-19-13(18)8-2-4-9(5-3-8)20-11(15)7-21-6-10(14)12(16)17/h2-5,10H,6-7,14H2,1H3,(H,16,17)/t10-/m0/s1. The van der Waals surface area contributed by atoms with E-state index in [9.17, 15) is 14.4 Å². The van der Waals surface area contributed by atoms with Crippen molar-refractivity contribution in [2.75, 3.05) is 18.6 Å². The van der Waals surface area contributed by atoms with Crippen LogP contribution in [-0.4, -0.2) is 47.7 Å². The van der Waals surface area contributed by atoms with Crippen molar-refractivity contribution in [2.45, 2.75) is 6.04 Å². The summed E-state index contributed by atoms with van der Waals surface area (Å²) in [5, 5.41) is 8.58. The molecule has 0 spiro atoms. The molecule has 0 amide bonds. The summed E-state index contributed by atoms with van der Waals surface area (Å²) in [6, 6.07) is 4.88. The molecule has 21 heavy (non-hydrogen) atoms. The number of benzene rings is 1. The van der Waals surface area contributed by atoms with Crippen LogP contribution < -0.4 is 10.5 Å². The maximum absolute atomic E-state index is 11.5. The summed E-state index contributed by atoms with van der Waals surface area (Å²) < 4.78 is 9.57. The second kappa shape index (κ2) is 8.28. The van der Waals surface area contributed by atoms with Gasteiger partial charge in [-0.05, 0) is 24.3 Å². The van der Waals surface area contributed by atoms with E-state index in [1.54, 1.807) is 0 Å². The lowest BCUT2D eigenvalue weighted by molar-refractivity contribution is -0.138. The molecule has 0 radical (unpaired) electrons. The first-order chi connectivity index (χ1) is 9.93. The third kappa shape index (κ3) is 5.84. The van der Waals surface area contributed by atoms with Gasteiger partial charge in [-0.25, -0.2) is 4.79 Å². The van der Waals surface area contributed by atoms with Gasteiger partial charge in [0.15, 0.2) is 0 Å². The Balaban J connectivity index is 2.41. The average Bonchev–Trinajstić information content (AvgIpc) is 2.46. The minimum absolute atomic E-state index is 0.0142. The molecule has 8 heteroatoms. The summed E-state index contributed by atoms with van der Waals surface area (Å²) in [7, 11) is 1.27. The molecular weight excluding hydrogens is 298 g/mol. The van der Waals surface area contributed by atoms with Crippen LogP contribution in [0.5, 0.6) is 5.75 Å². The number of rotatable bonds is 7. The molecular formula is C13H15NO6S. The summed E-state index contributed by atoms with van der Waals surface area (Å²) in [6.07, 6.45) is 0. The van der Waals surface area contributed by atoms with Crippen LogP contribution in [0.2, 0.25) is 0 Å². The molecule has 0 aliphatic rings. The largest absolute Gasteiger partial charge is 0.480 e. The lowest BCUT2D eigenvalue weighted by atomic mass is 10.2. The lowest BCUT2D eigenvalue weighted by Crippen LogP contribution is -2.32. The number of thioether (sulfide) groups is 1. The van der Waals surface area contributed by atoms with E-state index in [2.05, 4.69) is 4.74 Å². The van der Waals surface area contributed by atoms with E-state index in [4.69, 9.17) is 15.6 Å². The fourth-order valence-corrected chi connectivity index (χ4v) is 2.02. The van der Waals surface area contributed by atoms with Crippen molar-refractivity contribution < 1.29 is 29.0 Å². The van der Waals surface area contributed by atoms with Gasteiger partial charge < -0.3 is 20.3 Å². The number of hydrogen-bond acceptors (Lipinski definition) is 7. The predicted molar refractivity (Wildman–Crippen MR) is 76.4 cm³/mol. The van der Waals surface area contributed by atoms with Crippen molar-refractivity contribution >= 4 is 29.7 Å². The number of aliphatic carboxylic acids is 1. The highest BCUT2D eigenvalue weighted by Crippen LogP contribution is 2.14. The Hall–Kier alpha value is -2.06. The maximum Gasteiger partial charge on any atom is 0.337 e. The highest BCUT2D eigenvalue weighted by molar-refractivity contribution is 8.00. The van der Waals surface area contributed by atoms with Gasteiger partial charge in [0.25, 0.3) is 0 Å². The molecule has 0 aromatic heterocycles. The average molecular weight is 313 g/mol. The molecule has 1 aromatic carbocycles. The molecule has 1 aromatic rings. The summed E-state index contributed by atoms with van der Waals surface area (Å²) in [4.78, 5) is 33.2. The number of ether oxygens (including phenoxy) is 2. The monoisotopic (exact) mass is 313 g/mol. The number of nitrogens with two attached hydrogens (primary N) is 1. The lowest BCUT2D eigenvalue weighted by Gasteiger charge is -2.07. The van der Waals surface area contributed by atoms with Crippen LogP contribution in [0.3, 0.4) is 0 Å². The molecule has 0 heterocycles. The zero-order valence-corrected chi connectivity index (χ0v) is 12.1. The maximum atomic E-state index is 11.5. The quantitative estimate of drug-likeness (QED) is 0.553. The molecule has 0 aliphatic heterocycles. The van der Waals surface area contributed by atoms with Gasteiger partial charge in [-0.3, -0.25) is 9.59 Å². The molecule has 0 fully saturated rings. The Kier molecular flexibility index (Phi) is 6.70. The number of esters is 2. The zero-order chi connectivity index (χ0) is 15.8. The van der Waals surface area contributed by atoms with E-state index in [-0.39, 0.29) is 17.3 Å². The van der Waals surface area contributed by atoms with Crippen molar-refractivity contribution in [3.8, 4) is 5.75 Å². The second-order valence-electron chi connectivity index (χ2n) is 3.95. The summed E-state index contributed by atoms with van der Waals surface area (Å²) >= 11 is 1.07. The van der Waals surface area contributed by atoms with Crippen molar-refractivity contribution in [3.05, 3.63) is 29.8 Å². The first kappa shape index (κ1) is 17.0. The van der Waals surface area contributed by atoms with E-state index in [1.807, 2.05) is 0 Å². The first-order valence-electron chi connectivity index (χ1n) is 5.89. The SMILES string of the molecule is COC(=O)c1ccc(OC(=O)CSC[C@H](N)C(=O)O)cc1. The minimum atomic E-state index is -1.12. The van der Waals surface area contributed by atoms with Gasteiger partial charge in [-0.1, -0.05) is 0 Å². The van der Waals surface area contributed by atoms with Gasteiger partial charge in [0.05, 0.1) is 18.4 Å². The number of carboxylic acid groups (broad SMARTS) is 1. The molecule has 0 bridgehead atoms. The molecule has 1 atom stereocenters. The summed E-state index contributed by atoms with van der Waals surface area (Å²) in [5.41, 5.74) is 5.64. The number of carbonyl (C=O) groups excluding carboxylic acids is 2. The van der Waals surface area contributed by atoms with Gasteiger partial charge in [-0.2, -0.15) is 0 Å². The number of hydrogen-bond donors (Lipinski definition) is 2. The van der Waals surface area contributed by atoms with Crippen LogP contribution in [0, 0.1) is 0 Å². The molecule has 3 N–H and O–H groups in total. The fraction of sp³-hybridized carbons (Fsp3) is 0.308. The Labute approximate surface area is 125 Å². The smallest absolute Gasteiger partial charge is 0.337 e. The number of carbonyl (C=O) groups is 3. The first-order valence-corrected chi connectivity index (χ1v) is 7.04. The Bertz CT molecular complexity index is 516. The second-order valence-corrected chi connectivity index (χ2v) is 4.98. The van der Waals surface area contributed by atoms with Crippen molar-refractivity contribution in [2.24, 2.45) is 5.73 Å². The third-order valence-electron chi connectivity index (χ3n) is 2.34. The molecule has 0 aliphatic carbocycles. The minimum Gasteiger partial charge on any atom is -0.480 e. The van der Waals surface area contributed by atoms with Crippen LogP contribution in [0.25, 0.3) is 0 Å². The van der Waals surface area contributed by atoms with Gasteiger partial charge >= 0.3 is 17.9 Å². The van der Waals surface area contributed by atoms with E-state index >= 15 is 0 Å². The zero-order valence-electron chi connectivity index (χ0n) is 11.3. The normalized spacial score (nSPS) is 11.5. The highest BCUT2D eigenvalue weighted by Gasteiger charge is 2.13. The summed E-state index contributed by atoms with van der Waals surface area (Å²) in [5.74, 6) is -1.73. The molecule has 0 saturated carbocycles. The Morgan fingerprint density at radius 3 is 2.43 bits per heavy atom. The van der Waals surface area contributed by atoms with E-state index in [0.29, 0.717) is 5.56 Å². The van der Waals surface area contributed by atoms with Gasteiger partial charge in [0, 0.05) is 5.75 Å². The fourth-order valence-electron chi connectivity index (χ4n) is 1.28. The van der Waals surface area contributed by atoms with Crippen molar-refractivity contribution in [1.29, 1.82) is 0 Å². The van der Waals surface area contributed by atoms with Crippen LogP contribution in [0.4, 0.5) is 0 Å². The molecule has 0 saturated heterocycles. The molecule has 7 nitrogen and oxygen atoms in total. The van der Waals surface area contributed by atoms with Gasteiger partial charge in [0.1, 0.15) is 11.8 Å². The van der Waals surface area contributed by atoms with E-state index in [1.165, 1.54) is 31.4 Å². The predicted octanol–water partition coefficient (Wildman–Crippen LogP) is 0.524. The van der Waals surface area contributed by atoms with Gasteiger partial charge in [0.2, 0.25) is 0 Å². The Morgan fingerprint density at radius 1 is 1.29 bits per heavy atom. The van der Waals surface area contributed by atoms with Crippen LogP contribution in [0.15, 0.2) is 24.3 Å². The van der Waals surface area contributed by atoms with E-state index in [0.717, 1.165) is 11.8 Å². The molecule has 114 valence electrons. The molecule has 0 unspecified atom stereocenters. The Morgan fingerprint density at radius 2 is 1.90 bits per heavy atom. The highest BCUT2D eigenvalue weighted by atomic mass is 32.2. The molecule has 1 rings (SSSR count). The van der Waals surface area contributed by atoms with Crippen molar-refractivity contribution in [3.63, 3.8) is 0 Å². The van der Waals surface area contributed by atoms with Crippen LogP contribution >= 0.6 is 11.8 Å². The number of methoxy groups -OCH3 is 1. The third-order valence-corrected chi connectivity index (χ3v) is 3.38. The van der Waals surface area contributed by atoms with Crippen LogP contribution in [-0.2, 0) is 14.3 Å². The summed E-state index contributed by atoms with van der Waals surface area (Å²) in [6.45, 7) is 0. The number of carboxylic acids is 1. The van der Waals surface area contributed by atoms with Crippen LogP contribution in [0.1, 0.15) is 10.4 Å². The van der Waals surface area contributed by atoms with Crippen molar-refractivity contribution in [1.82, 2.24) is 0 Å².